The number of aromatic nitrogens is 2. The zero-order valence-corrected chi connectivity index (χ0v) is 9.73. The van der Waals surface area contributed by atoms with Gasteiger partial charge in [-0.05, 0) is 6.42 Å². The molecule has 0 saturated carbocycles. The summed E-state index contributed by atoms with van der Waals surface area (Å²) in [7, 11) is -3.25. The van der Waals surface area contributed by atoms with E-state index < -0.39 is 10.0 Å². The molecule has 0 aromatic carbocycles. The highest BCUT2D eigenvalue weighted by atomic mass is 32.2. The van der Waals surface area contributed by atoms with Gasteiger partial charge >= 0.3 is 0 Å². The zero-order chi connectivity index (χ0) is 11.6. The molecule has 0 amide bonds. The summed E-state index contributed by atoms with van der Waals surface area (Å²) in [6.07, 6.45) is 3.82. The van der Waals surface area contributed by atoms with E-state index in [1.54, 1.807) is 6.20 Å². The van der Waals surface area contributed by atoms with Crippen LogP contribution in [0.5, 0.6) is 0 Å². The molecule has 0 spiro atoms. The second-order valence-electron chi connectivity index (χ2n) is 3.76. The number of nitrogens with zero attached hydrogens (tertiary/aromatic N) is 3. The van der Waals surface area contributed by atoms with Gasteiger partial charge in [-0.3, -0.25) is 0 Å². The Morgan fingerprint density at radius 2 is 2.25 bits per heavy atom. The van der Waals surface area contributed by atoms with Crippen molar-refractivity contribution in [3.63, 3.8) is 0 Å². The quantitative estimate of drug-likeness (QED) is 0.769. The summed E-state index contributed by atoms with van der Waals surface area (Å²) in [6, 6.07) is 0. The van der Waals surface area contributed by atoms with Crippen molar-refractivity contribution in [1.29, 1.82) is 0 Å². The van der Waals surface area contributed by atoms with Crippen LogP contribution in [0.15, 0.2) is 12.4 Å². The number of rotatable bonds is 4. The minimum Gasteiger partial charge on any atom is -0.396 e. The molecule has 6 nitrogen and oxygen atoms in total. The lowest BCUT2D eigenvalue weighted by atomic mass is 10.4. The summed E-state index contributed by atoms with van der Waals surface area (Å²) in [5.41, 5.74) is 0. The monoisotopic (exact) mass is 245 g/mol. The lowest BCUT2D eigenvalue weighted by molar-refractivity contribution is 0.291. The molecule has 1 aliphatic heterocycles. The third kappa shape index (κ3) is 2.26. The highest BCUT2D eigenvalue weighted by Crippen LogP contribution is 2.14. The van der Waals surface area contributed by atoms with Crippen molar-refractivity contribution in [2.45, 2.75) is 19.5 Å². The van der Waals surface area contributed by atoms with Crippen LogP contribution in [0.25, 0.3) is 0 Å². The molecule has 2 heterocycles. The number of aliphatic hydroxyl groups excluding tert-OH is 1. The third-order valence-corrected chi connectivity index (χ3v) is 4.57. The molecule has 0 saturated heterocycles. The highest BCUT2D eigenvalue weighted by molar-refractivity contribution is 7.89. The first kappa shape index (κ1) is 11.6. The molecule has 7 heteroatoms. The van der Waals surface area contributed by atoms with Gasteiger partial charge in [0.15, 0.2) is 0 Å². The Bertz CT molecular complexity index is 454. The van der Waals surface area contributed by atoms with Crippen molar-refractivity contribution in [1.82, 2.24) is 13.9 Å². The molecule has 0 unspecified atom stereocenters. The van der Waals surface area contributed by atoms with Crippen LogP contribution >= 0.6 is 0 Å². The fraction of sp³-hybridized carbons (Fsp3) is 0.667. The molecule has 90 valence electrons. The summed E-state index contributed by atoms with van der Waals surface area (Å²) in [5.74, 6) is 0.781. The summed E-state index contributed by atoms with van der Waals surface area (Å²) in [4.78, 5) is 4.11. The van der Waals surface area contributed by atoms with Crippen molar-refractivity contribution in [3.05, 3.63) is 18.2 Å². The van der Waals surface area contributed by atoms with Crippen LogP contribution in [0.4, 0.5) is 0 Å². The van der Waals surface area contributed by atoms with Crippen LogP contribution in [0.3, 0.4) is 0 Å². The lowest BCUT2D eigenvalue weighted by Crippen LogP contribution is -2.39. The average molecular weight is 245 g/mol. The smallest absolute Gasteiger partial charge is 0.214 e. The number of hydrogen-bond acceptors (Lipinski definition) is 4. The minimum atomic E-state index is -3.25. The van der Waals surface area contributed by atoms with Crippen LogP contribution in [0, 0.1) is 0 Å². The molecular formula is C9H15N3O3S. The molecule has 0 bridgehead atoms. The first-order chi connectivity index (χ1) is 7.63. The van der Waals surface area contributed by atoms with Gasteiger partial charge in [-0.25, -0.2) is 13.4 Å². The summed E-state index contributed by atoms with van der Waals surface area (Å²) in [5, 5.41) is 8.65. The third-order valence-electron chi connectivity index (χ3n) is 2.66. The van der Waals surface area contributed by atoms with E-state index in [0.29, 0.717) is 19.6 Å². The number of fused-ring (bicyclic) bond motifs is 1. The normalized spacial score (nSPS) is 17.3. The molecule has 2 rings (SSSR count). The molecule has 0 aliphatic carbocycles. The van der Waals surface area contributed by atoms with E-state index >= 15 is 0 Å². The van der Waals surface area contributed by atoms with E-state index in [-0.39, 0.29) is 18.8 Å². The SMILES string of the molecule is O=S(=O)(CCCO)N1CCn2ccnc2C1. The van der Waals surface area contributed by atoms with E-state index in [2.05, 4.69) is 4.98 Å². The van der Waals surface area contributed by atoms with Gasteiger partial charge in [0.25, 0.3) is 0 Å². The number of imidazole rings is 1. The molecule has 0 atom stereocenters. The second-order valence-corrected chi connectivity index (χ2v) is 5.85. The standard InChI is InChI=1S/C9H15N3O3S/c13-6-1-7-16(14,15)12-5-4-11-3-2-10-9(11)8-12/h2-3,13H,1,4-8H2. The molecule has 1 aliphatic rings. The van der Waals surface area contributed by atoms with E-state index in [1.807, 2.05) is 10.8 Å². The van der Waals surface area contributed by atoms with Crippen molar-refractivity contribution in [2.75, 3.05) is 18.9 Å². The first-order valence-electron chi connectivity index (χ1n) is 5.22. The molecular weight excluding hydrogens is 230 g/mol. The van der Waals surface area contributed by atoms with Gasteiger partial charge in [-0.15, -0.1) is 0 Å². The summed E-state index contributed by atoms with van der Waals surface area (Å²) >= 11 is 0. The maximum Gasteiger partial charge on any atom is 0.214 e. The van der Waals surface area contributed by atoms with Crippen LogP contribution < -0.4 is 0 Å². The van der Waals surface area contributed by atoms with E-state index in [0.717, 1.165) is 5.82 Å². The average Bonchev–Trinajstić information content (AvgIpc) is 2.73. The van der Waals surface area contributed by atoms with Crippen molar-refractivity contribution < 1.29 is 13.5 Å². The molecule has 16 heavy (non-hydrogen) atoms. The van der Waals surface area contributed by atoms with Crippen molar-refractivity contribution in [3.8, 4) is 0 Å². The van der Waals surface area contributed by atoms with Crippen LogP contribution in [-0.4, -0.2) is 46.3 Å². The topological polar surface area (TPSA) is 75.4 Å². The van der Waals surface area contributed by atoms with E-state index in [4.69, 9.17) is 5.11 Å². The molecule has 1 N–H and O–H groups in total. The van der Waals surface area contributed by atoms with Gasteiger partial charge in [0.2, 0.25) is 10.0 Å². The first-order valence-corrected chi connectivity index (χ1v) is 6.83. The number of hydrogen-bond donors (Lipinski definition) is 1. The van der Waals surface area contributed by atoms with Crippen LogP contribution in [0.1, 0.15) is 12.2 Å². The summed E-state index contributed by atoms with van der Waals surface area (Å²) in [6.45, 7) is 1.37. The number of aliphatic hydroxyl groups is 1. The van der Waals surface area contributed by atoms with Gasteiger partial charge in [-0.1, -0.05) is 0 Å². The van der Waals surface area contributed by atoms with Gasteiger partial charge in [0, 0.05) is 32.1 Å². The van der Waals surface area contributed by atoms with Gasteiger partial charge in [0.1, 0.15) is 5.82 Å². The predicted octanol–water partition coefficient (Wildman–Crippen LogP) is -0.589. The number of sulfonamides is 1. The van der Waals surface area contributed by atoms with Crippen molar-refractivity contribution in [2.24, 2.45) is 0 Å². The fourth-order valence-corrected chi connectivity index (χ4v) is 3.19. The largest absolute Gasteiger partial charge is 0.396 e. The Morgan fingerprint density at radius 3 is 3.00 bits per heavy atom. The molecule has 0 fully saturated rings. The van der Waals surface area contributed by atoms with Crippen molar-refractivity contribution >= 4 is 10.0 Å². The Hall–Kier alpha value is -0.920. The summed E-state index contributed by atoms with van der Waals surface area (Å²) < 4.78 is 27.1. The van der Waals surface area contributed by atoms with Gasteiger partial charge < -0.3 is 9.67 Å². The van der Waals surface area contributed by atoms with Crippen LogP contribution in [-0.2, 0) is 23.1 Å². The lowest BCUT2D eigenvalue weighted by Gasteiger charge is -2.26. The second kappa shape index (κ2) is 4.52. The zero-order valence-electron chi connectivity index (χ0n) is 8.91. The van der Waals surface area contributed by atoms with Gasteiger partial charge in [0.05, 0.1) is 12.3 Å². The Morgan fingerprint density at radius 1 is 1.44 bits per heavy atom. The highest BCUT2D eigenvalue weighted by Gasteiger charge is 2.26. The molecule has 0 radical (unpaired) electrons. The Kier molecular flexibility index (Phi) is 3.27. The maximum atomic E-state index is 11.9. The molecule has 1 aromatic rings. The maximum absolute atomic E-state index is 11.9. The fourth-order valence-electron chi connectivity index (χ4n) is 1.76. The Labute approximate surface area is 94.6 Å². The van der Waals surface area contributed by atoms with Crippen LogP contribution in [0.2, 0.25) is 0 Å². The molecule has 1 aromatic heterocycles. The van der Waals surface area contributed by atoms with E-state index in [9.17, 15) is 8.42 Å². The van der Waals surface area contributed by atoms with E-state index in [1.165, 1.54) is 4.31 Å². The Balaban J connectivity index is 2.08. The predicted molar refractivity (Wildman–Crippen MR) is 58.1 cm³/mol. The van der Waals surface area contributed by atoms with Gasteiger partial charge in [-0.2, -0.15) is 4.31 Å². The minimum absolute atomic E-state index is 0.00418.